The van der Waals surface area contributed by atoms with E-state index in [1.165, 1.54) is 6.42 Å². The topological polar surface area (TPSA) is 64.2 Å². The molecule has 0 aromatic carbocycles. The molecule has 2 saturated heterocycles. The van der Waals surface area contributed by atoms with Crippen molar-refractivity contribution in [3.05, 3.63) is 0 Å². The zero-order valence-electron chi connectivity index (χ0n) is 17.1. The Morgan fingerprint density at radius 2 is 1.64 bits per heavy atom. The summed E-state index contributed by atoms with van der Waals surface area (Å²) in [6.45, 7) is 3.01. The fourth-order valence-electron chi connectivity index (χ4n) is 4.74. The van der Waals surface area contributed by atoms with Crippen LogP contribution in [0.25, 0.3) is 0 Å². The van der Waals surface area contributed by atoms with Gasteiger partial charge in [0.15, 0.2) is 0 Å². The highest BCUT2D eigenvalue weighted by Crippen LogP contribution is 2.25. The number of likely N-dealkylation sites (tertiary alicyclic amines) is 1. The molecule has 1 atom stereocenters. The molecule has 0 radical (unpaired) electrons. The van der Waals surface area contributed by atoms with Crippen LogP contribution < -0.4 is 0 Å². The monoisotopic (exact) mass is 410 g/mol. The second-order valence-corrected chi connectivity index (χ2v) is 10.2. The lowest BCUT2D eigenvalue weighted by molar-refractivity contribution is -0.139. The van der Waals surface area contributed by atoms with Crippen molar-refractivity contribution in [2.24, 2.45) is 0 Å². The molecule has 7 nitrogen and oxygen atoms in total. The van der Waals surface area contributed by atoms with E-state index in [4.69, 9.17) is 6.42 Å². The van der Waals surface area contributed by atoms with Crippen molar-refractivity contribution < 1.29 is 13.2 Å². The molecule has 2 aliphatic heterocycles. The van der Waals surface area contributed by atoms with Gasteiger partial charge in [-0.3, -0.25) is 9.69 Å². The molecule has 0 spiro atoms. The quantitative estimate of drug-likeness (QED) is 0.638. The molecular weight excluding hydrogens is 376 g/mol. The van der Waals surface area contributed by atoms with Gasteiger partial charge in [0.1, 0.15) is 0 Å². The zero-order chi connectivity index (χ0) is 20.1. The van der Waals surface area contributed by atoms with Crippen LogP contribution in [0.2, 0.25) is 0 Å². The van der Waals surface area contributed by atoms with Gasteiger partial charge in [0.05, 0.1) is 12.6 Å². The fourth-order valence-corrected chi connectivity index (χ4v) is 6.32. The number of amides is 1. The lowest BCUT2D eigenvalue weighted by atomic mass is 9.96. The van der Waals surface area contributed by atoms with E-state index in [1.807, 2.05) is 4.90 Å². The van der Waals surface area contributed by atoms with Crippen LogP contribution in [0.1, 0.15) is 51.4 Å². The lowest BCUT2D eigenvalue weighted by Crippen LogP contribution is -2.58. The van der Waals surface area contributed by atoms with E-state index in [9.17, 15) is 13.2 Å². The second kappa shape index (κ2) is 9.57. The van der Waals surface area contributed by atoms with Crippen LogP contribution in [0.15, 0.2) is 0 Å². The van der Waals surface area contributed by atoms with E-state index in [0.717, 1.165) is 51.5 Å². The summed E-state index contributed by atoms with van der Waals surface area (Å²) in [5.41, 5.74) is 0. The number of hydrogen-bond donors (Lipinski definition) is 0. The molecular formula is C20H34N4O3S. The maximum absolute atomic E-state index is 13.0. The first-order valence-electron chi connectivity index (χ1n) is 10.6. The minimum atomic E-state index is -3.46. The summed E-state index contributed by atoms with van der Waals surface area (Å²) < 4.78 is 29.2. The highest BCUT2D eigenvalue weighted by atomic mass is 32.2. The molecule has 3 rings (SSSR count). The number of piperazine rings is 1. The highest BCUT2D eigenvalue weighted by molar-refractivity contribution is 7.86. The Kier molecular flexibility index (Phi) is 7.37. The molecule has 0 aromatic heterocycles. The molecule has 3 aliphatic rings. The predicted octanol–water partition coefficient (Wildman–Crippen LogP) is 1.13. The average Bonchev–Trinajstić information content (AvgIpc) is 2.74. The molecule has 3 fully saturated rings. The van der Waals surface area contributed by atoms with Gasteiger partial charge in [0, 0.05) is 39.3 Å². The van der Waals surface area contributed by atoms with Gasteiger partial charge in [0.2, 0.25) is 5.91 Å². The van der Waals surface area contributed by atoms with E-state index in [-0.39, 0.29) is 18.0 Å². The molecule has 0 N–H and O–H groups in total. The summed E-state index contributed by atoms with van der Waals surface area (Å²) in [7, 11) is -1.75. The number of carbonyl (C=O) groups excluding carboxylic acids is 1. The zero-order valence-corrected chi connectivity index (χ0v) is 17.9. The van der Waals surface area contributed by atoms with E-state index < -0.39 is 10.2 Å². The van der Waals surface area contributed by atoms with Crippen molar-refractivity contribution in [1.82, 2.24) is 18.4 Å². The number of nitrogens with zero attached hydrogens (tertiary/aromatic N) is 4. The van der Waals surface area contributed by atoms with Crippen molar-refractivity contribution >= 4 is 16.1 Å². The smallest absolute Gasteiger partial charge is 0.282 e. The maximum Gasteiger partial charge on any atom is 0.282 e. The van der Waals surface area contributed by atoms with Crippen molar-refractivity contribution in [1.29, 1.82) is 0 Å². The number of hydrogen-bond acceptors (Lipinski definition) is 4. The third kappa shape index (κ3) is 4.70. The van der Waals surface area contributed by atoms with Crippen molar-refractivity contribution in [2.45, 2.75) is 63.5 Å². The van der Waals surface area contributed by atoms with Gasteiger partial charge in [-0.15, -0.1) is 6.42 Å². The van der Waals surface area contributed by atoms with Crippen LogP contribution in [-0.4, -0.2) is 91.1 Å². The van der Waals surface area contributed by atoms with Gasteiger partial charge in [0.25, 0.3) is 10.2 Å². The van der Waals surface area contributed by atoms with E-state index >= 15 is 0 Å². The van der Waals surface area contributed by atoms with Gasteiger partial charge in [-0.2, -0.15) is 17.0 Å². The molecule has 0 bridgehead atoms. The minimum absolute atomic E-state index is 0.104. The average molecular weight is 411 g/mol. The molecule has 0 aromatic rings. The van der Waals surface area contributed by atoms with E-state index in [1.54, 1.807) is 15.7 Å². The van der Waals surface area contributed by atoms with Gasteiger partial charge in [-0.25, -0.2) is 0 Å². The third-order valence-electron chi connectivity index (χ3n) is 6.52. The fraction of sp³-hybridized carbons (Fsp3) is 0.850. The first-order chi connectivity index (χ1) is 13.4. The second-order valence-electron chi connectivity index (χ2n) is 8.23. The first-order valence-corrected chi connectivity index (χ1v) is 12.0. The van der Waals surface area contributed by atoms with Crippen molar-refractivity contribution in [3.63, 3.8) is 0 Å². The van der Waals surface area contributed by atoms with Crippen molar-refractivity contribution in [2.75, 3.05) is 46.3 Å². The predicted molar refractivity (Wildman–Crippen MR) is 110 cm³/mol. The molecule has 8 heteroatoms. The summed E-state index contributed by atoms with van der Waals surface area (Å²) in [5.74, 6) is 2.76. The molecule has 158 valence electrons. The molecule has 1 aliphatic carbocycles. The summed E-state index contributed by atoms with van der Waals surface area (Å²) in [6, 6.07) is -0.0455. The maximum atomic E-state index is 13.0. The number of rotatable bonds is 5. The number of carbonyl (C=O) groups is 1. The van der Waals surface area contributed by atoms with Crippen molar-refractivity contribution in [3.8, 4) is 12.3 Å². The molecule has 28 heavy (non-hydrogen) atoms. The van der Waals surface area contributed by atoms with Gasteiger partial charge < -0.3 is 4.90 Å². The highest BCUT2D eigenvalue weighted by Gasteiger charge is 2.37. The largest absolute Gasteiger partial charge is 0.339 e. The summed E-state index contributed by atoms with van der Waals surface area (Å²) in [5, 5.41) is 0. The Hall–Kier alpha value is -1.14. The van der Waals surface area contributed by atoms with Crippen LogP contribution >= 0.6 is 0 Å². The van der Waals surface area contributed by atoms with E-state index in [2.05, 4.69) is 10.8 Å². The SMILES string of the molecule is C#CCN1CCCCC1C(=O)N1CCN(S(=O)(=O)N(C)C2CCCCC2)CC1. The summed E-state index contributed by atoms with van der Waals surface area (Å²) in [4.78, 5) is 16.9. The Morgan fingerprint density at radius 3 is 2.29 bits per heavy atom. The Bertz CT molecular complexity index is 676. The van der Waals surface area contributed by atoms with Crippen LogP contribution in [-0.2, 0) is 15.0 Å². The standard InChI is InChI=1S/C20H34N4O3S/c1-3-12-22-13-8-7-11-19(22)20(25)23-14-16-24(17-15-23)28(26,27)21(2)18-9-5-4-6-10-18/h1,18-19H,4-17H2,2H3. The summed E-state index contributed by atoms with van der Waals surface area (Å²) in [6.07, 6.45) is 13.7. The molecule has 1 amide bonds. The van der Waals surface area contributed by atoms with Gasteiger partial charge in [-0.1, -0.05) is 31.6 Å². The summed E-state index contributed by atoms with van der Waals surface area (Å²) >= 11 is 0. The third-order valence-corrected chi connectivity index (χ3v) is 8.57. The molecule has 1 saturated carbocycles. The van der Waals surface area contributed by atoms with Crippen LogP contribution in [0, 0.1) is 12.3 Å². The molecule has 2 heterocycles. The van der Waals surface area contributed by atoms with Gasteiger partial charge >= 0.3 is 0 Å². The molecule has 1 unspecified atom stereocenters. The number of piperidine rings is 1. The normalized spacial score (nSPS) is 26.3. The number of terminal acetylenes is 1. The van der Waals surface area contributed by atoms with Crippen LogP contribution in [0.4, 0.5) is 0 Å². The van der Waals surface area contributed by atoms with Crippen LogP contribution in [0.3, 0.4) is 0 Å². The Morgan fingerprint density at radius 1 is 1.00 bits per heavy atom. The van der Waals surface area contributed by atoms with E-state index in [0.29, 0.717) is 32.7 Å². The minimum Gasteiger partial charge on any atom is -0.339 e. The lowest BCUT2D eigenvalue weighted by Gasteiger charge is -2.41. The Balaban J connectivity index is 1.57. The van der Waals surface area contributed by atoms with Crippen LogP contribution in [0.5, 0.6) is 0 Å². The first kappa shape index (κ1) is 21.6. The Labute approximate surface area is 170 Å². The van der Waals surface area contributed by atoms with Gasteiger partial charge in [-0.05, 0) is 32.2 Å².